The molecule has 1 amide bonds. The van der Waals surface area contributed by atoms with Gasteiger partial charge in [0.25, 0.3) is 0 Å². The van der Waals surface area contributed by atoms with Crippen LogP contribution >= 0.6 is 0 Å². The Balaban J connectivity index is 2.67. The lowest BCUT2D eigenvalue weighted by Gasteiger charge is -2.25. The van der Waals surface area contributed by atoms with Crippen molar-refractivity contribution in [2.24, 2.45) is 5.92 Å². The third kappa shape index (κ3) is 7.00. The molecule has 0 heterocycles. The van der Waals surface area contributed by atoms with E-state index in [1.54, 1.807) is 33.8 Å². The van der Waals surface area contributed by atoms with Crippen LogP contribution in [0.3, 0.4) is 0 Å². The molecule has 5 nitrogen and oxygen atoms in total. The summed E-state index contributed by atoms with van der Waals surface area (Å²) in [5, 5.41) is 2.55. The van der Waals surface area contributed by atoms with E-state index in [2.05, 4.69) is 11.9 Å². The van der Waals surface area contributed by atoms with Crippen molar-refractivity contribution in [1.29, 1.82) is 0 Å². The quantitative estimate of drug-likeness (QED) is 0.644. The van der Waals surface area contributed by atoms with Crippen LogP contribution in [0.4, 0.5) is 4.79 Å². The van der Waals surface area contributed by atoms with E-state index in [1.807, 2.05) is 30.3 Å². The maximum Gasteiger partial charge on any atom is 0.408 e. The van der Waals surface area contributed by atoms with Gasteiger partial charge in [-0.3, -0.25) is 0 Å². The maximum absolute atomic E-state index is 12.3. The number of esters is 1. The van der Waals surface area contributed by atoms with E-state index in [0.29, 0.717) is 0 Å². The number of amides is 1. The third-order valence-electron chi connectivity index (χ3n) is 3.05. The summed E-state index contributed by atoms with van der Waals surface area (Å²) in [6, 6.07) is 8.50. The number of hydrogen-bond acceptors (Lipinski definition) is 4. The number of alkyl carbamates (subject to hydrolysis) is 1. The lowest BCUT2D eigenvalue weighted by molar-refractivity contribution is -0.148. The first-order valence-corrected chi connectivity index (χ1v) is 7.55. The minimum Gasteiger partial charge on any atom is -0.459 e. The maximum atomic E-state index is 12.3. The van der Waals surface area contributed by atoms with Crippen molar-refractivity contribution in [1.82, 2.24) is 5.32 Å². The van der Waals surface area contributed by atoms with Crippen LogP contribution < -0.4 is 5.32 Å². The van der Waals surface area contributed by atoms with Crippen molar-refractivity contribution in [3.05, 3.63) is 48.6 Å². The van der Waals surface area contributed by atoms with Gasteiger partial charge in [-0.1, -0.05) is 43.3 Å². The van der Waals surface area contributed by atoms with Crippen LogP contribution in [-0.2, 0) is 20.9 Å². The van der Waals surface area contributed by atoms with Crippen LogP contribution in [0, 0.1) is 5.92 Å². The molecule has 2 unspecified atom stereocenters. The number of ether oxygens (including phenoxy) is 2. The van der Waals surface area contributed by atoms with Gasteiger partial charge >= 0.3 is 12.1 Å². The van der Waals surface area contributed by atoms with Gasteiger partial charge in [-0.15, -0.1) is 6.58 Å². The molecule has 1 N–H and O–H groups in total. The first kappa shape index (κ1) is 18.7. The molecule has 0 aliphatic rings. The third-order valence-corrected chi connectivity index (χ3v) is 3.05. The summed E-state index contributed by atoms with van der Waals surface area (Å²) in [5.74, 6) is -0.807. The minimum atomic E-state index is -0.842. The highest BCUT2D eigenvalue weighted by Crippen LogP contribution is 2.11. The first-order valence-electron chi connectivity index (χ1n) is 7.55. The van der Waals surface area contributed by atoms with Gasteiger partial charge in [-0.05, 0) is 26.3 Å². The van der Waals surface area contributed by atoms with Crippen molar-refractivity contribution < 1.29 is 19.1 Å². The molecule has 0 aliphatic heterocycles. The van der Waals surface area contributed by atoms with Gasteiger partial charge in [0.05, 0.1) is 0 Å². The summed E-state index contributed by atoms with van der Waals surface area (Å²) < 4.78 is 10.5. The molecule has 0 radical (unpaired) electrons. The van der Waals surface area contributed by atoms with E-state index in [0.717, 1.165) is 5.56 Å². The van der Waals surface area contributed by atoms with Crippen molar-refractivity contribution in [2.45, 2.75) is 45.9 Å². The Morgan fingerprint density at radius 2 is 1.87 bits per heavy atom. The second-order valence-electron chi connectivity index (χ2n) is 6.31. The summed E-state index contributed by atoms with van der Waals surface area (Å²) in [4.78, 5) is 24.2. The van der Waals surface area contributed by atoms with Crippen LogP contribution in [0.15, 0.2) is 43.0 Å². The monoisotopic (exact) mass is 319 g/mol. The molecule has 0 bridgehead atoms. The summed E-state index contributed by atoms with van der Waals surface area (Å²) in [6.45, 7) is 10.9. The lowest BCUT2D eigenvalue weighted by Crippen LogP contribution is -2.47. The molecule has 1 rings (SSSR count). The Kier molecular flexibility index (Phi) is 6.82. The van der Waals surface area contributed by atoms with Gasteiger partial charge in [-0.25, -0.2) is 9.59 Å². The fourth-order valence-corrected chi connectivity index (χ4v) is 1.79. The van der Waals surface area contributed by atoms with Gasteiger partial charge in [0.1, 0.15) is 18.2 Å². The highest BCUT2D eigenvalue weighted by atomic mass is 16.6. The number of carbonyl (C=O) groups is 2. The van der Waals surface area contributed by atoms with Crippen LogP contribution in [0.5, 0.6) is 0 Å². The second kappa shape index (κ2) is 8.36. The summed E-state index contributed by atoms with van der Waals surface area (Å²) in [5.41, 5.74) is 0.239. The van der Waals surface area contributed by atoms with E-state index in [4.69, 9.17) is 9.47 Å². The largest absolute Gasteiger partial charge is 0.459 e. The topological polar surface area (TPSA) is 64.6 Å². The molecule has 5 heteroatoms. The molecule has 126 valence electrons. The molecule has 0 fully saturated rings. The van der Waals surface area contributed by atoms with E-state index in [-0.39, 0.29) is 12.5 Å². The summed E-state index contributed by atoms with van der Waals surface area (Å²) in [7, 11) is 0. The van der Waals surface area contributed by atoms with Crippen molar-refractivity contribution in [3.8, 4) is 0 Å². The number of nitrogens with one attached hydrogen (secondary N) is 1. The number of benzene rings is 1. The second-order valence-corrected chi connectivity index (χ2v) is 6.31. The average molecular weight is 319 g/mol. The number of hydrogen-bond donors (Lipinski definition) is 1. The molecule has 0 aromatic heterocycles. The molecule has 23 heavy (non-hydrogen) atoms. The smallest absolute Gasteiger partial charge is 0.408 e. The number of rotatable bonds is 6. The minimum absolute atomic E-state index is 0.149. The predicted octanol–water partition coefficient (Wildman–Crippen LogP) is 3.45. The van der Waals surface area contributed by atoms with Gasteiger partial charge in [0, 0.05) is 5.92 Å². The zero-order valence-electron chi connectivity index (χ0n) is 14.2. The molecule has 0 saturated heterocycles. The van der Waals surface area contributed by atoms with Gasteiger partial charge in [0.2, 0.25) is 0 Å². The molecular weight excluding hydrogens is 294 g/mol. The zero-order chi connectivity index (χ0) is 17.5. The molecule has 0 spiro atoms. The predicted molar refractivity (Wildman–Crippen MR) is 88.8 cm³/mol. The van der Waals surface area contributed by atoms with E-state index < -0.39 is 23.7 Å². The Morgan fingerprint density at radius 3 is 2.39 bits per heavy atom. The summed E-state index contributed by atoms with van der Waals surface area (Å²) in [6.07, 6.45) is 0.930. The molecular formula is C18H25NO4. The first-order chi connectivity index (χ1) is 10.7. The zero-order valence-corrected chi connectivity index (χ0v) is 14.2. The van der Waals surface area contributed by atoms with E-state index in [1.165, 1.54) is 0 Å². The van der Waals surface area contributed by atoms with E-state index in [9.17, 15) is 9.59 Å². The van der Waals surface area contributed by atoms with E-state index >= 15 is 0 Å². The van der Waals surface area contributed by atoms with Crippen molar-refractivity contribution in [3.63, 3.8) is 0 Å². The average Bonchev–Trinajstić information content (AvgIpc) is 2.49. The standard InChI is InChI=1S/C18H25NO4/c1-6-13(2)15(19-17(21)23-18(3,4)5)16(20)22-12-14-10-8-7-9-11-14/h6-11,13,15H,1,12H2,2-5H3,(H,19,21). The normalized spacial score (nSPS) is 13.6. The highest BCUT2D eigenvalue weighted by molar-refractivity contribution is 5.82. The fraction of sp³-hybridized carbons (Fsp3) is 0.444. The van der Waals surface area contributed by atoms with Crippen LogP contribution in [-0.4, -0.2) is 23.7 Å². The molecule has 0 aliphatic carbocycles. The lowest BCUT2D eigenvalue weighted by atomic mass is 10.0. The Hall–Kier alpha value is -2.30. The molecule has 2 atom stereocenters. The van der Waals surface area contributed by atoms with Crippen LogP contribution in [0.1, 0.15) is 33.3 Å². The van der Waals surface area contributed by atoms with Gasteiger partial charge in [-0.2, -0.15) is 0 Å². The van der Waals surface area contributed by atoms with Gasteiger partial charge < -0.3 is 14.8 Å². The molecule has 1 aromatic rings. The van der Waals surface area contributed by atoms with Crippen LogP contribution in [0.25, 0.3) is 0 Å². The Morgan fingerprint density at radius 1 is 1.26 bits per heavy atom. The summed E-state index contributed by atoms with van der Waals surface area (Å²) >= 11 is 0. The van der Waals surface area contributed by atoms with Gasteiger partial charge in [0.15, 0.2) is 0 Å². The highest BCUT2D eigenvalue weighted by Gasteiger charge is 2.29. The van der Waals surface area contributed by atoms with Crippen molar-refractivity contribution in [2.75, 3.05) is 0 Å². The Labute approximate surface area is 137 Å². The van der Waals surface area contributed by atoms with Crippen molar-refractivity contribution >= 4 is 12.1 Å². The molecule has 0 saturated carbocycles. The molecule has 1 aromatic carbocycles. The SMILES string of the molecule is C=CC(C)C(NC(=O)OC(C)(C)C)C(=O)OCc1ccccc1. The Bertz CT molecular complexity index is 534. The fourth-order valence-electron chi connectivity index (χ4n) is 1.79. The van der Waals surface area contributed by atoms with Crippen LogP contribution in [0.2, 0.25) is 0 Å². The number of carbonyl (C=O) groups excluding carboxylic acids is 2.